The average Bonchev–Trinajstić information content (AvgIpc) is 2.30. The predicted molar refractivity (Wildman–Crippen MR) is 63.8 cm³/mol. The van der Waals surface area contributed by atoms with Crippen LogP contribution in [0.1, 0.15) is 29.9 Å². The molecule has 0 saturated carbocycles. The van der Waals surface area contributed by atoms with E-state index in [1.807, 2.05) is 6.07 Å². The lowest BCUT2D eigenvalue weighted by Gasteiger charge is -2.23. The molecular weight excluding hydrogens is 257 g/mol. The van der Waals surface area contributed by atoms with Crippen molar-refractivity contribution < 1.29 is 4.39 Å². The fraction of sp³-hybridized carbons (Fsp3) is 0.500. The molecule has 1 N–H and O–H groups in total. The summed E-state index contributed by atoms with van der Waals surface area (Å²) in [6.07, 6.45) is 2.36. The molecule has 0 bridgehead atoms. The van der Waals surface area contributed by atoms with E-state index in [0.29, 0.717) is 5.92 Å². The van der Waals surface area contributed by atoms with Crippen molar-refractivity contribution in [3.63, 3.8) is 0 Å². The van der Waals surface area contributed by atoms with E-state index < -0.39 is 6.67 Å². The van der Waals surface area contributed by atoms with E-state index in [4.69, 9.17) is 0 Å². The van der Waals surface area contributed by atoms with Crippen LogP contribution >= 0.6 is 15.9 Å². The van der Waals surface area contributed by atoms with E-state index in [1.54, 1.807) is 0 Å². The number of piperidine rings is 1. The van der Waals surface area contributed by atoms with E-state index in [2.05, 4.69) is 33.4 Å². The highest BCUT2D eigenvalue weighted by atomic mass is 79.9. The average molecular weight is 272 g/mol. The Balaban J connectivity index is 2.17. The molecule has 0 radical (unpaired) electrons. The lowest BCUT2D eigenvalue weighted by Crippen LogP contribution is -2.26. The first-order valence-electron chi connectivity index (χ1n) is 5.36. The first-order valence-corrected chi connectivity index (χ1v) is 6.15. The minimum absolute atomic E-state index is 0.396. The van der Waals surface area contributed by atoms with E-state index in [9.17, 15) is 4.39 Å². The van der Waals surface area contributed by atoms with Gasteiger partial charge in [0.2, 0.25) is 0 Å². The zero-order valence-corrected chi connectivity index (χ0v) is 10.2. The Bertz CT molecular complexity index is 334. The summed E-state index contributed by atoms with van der Waals surface area (Å²) in [5.74, 6) is 0.635. The molecular formula is C12H15BrFN. The summed E-state index contributed by atoms with van der Waals surface area (Å²) in [7, 11) is 0. The van der Waals surface area contributed by atoms with E-state index in [1.165, 1.54) is 18.4 Å². The van der Waals surface area contributed by atoms with Gasteiger partial charge >= 0.3 is 0 Å². The van der Waals surface area contributed by atoms with Crippen LogP contribution in [0.25, 0.3) is 0 Å². The van der Waals surface area contributed by atoms with Crippen molar-refractivity contribution in [3.8, 4) is 0 Å². The third kappa shape index (κ3) is 2.58. The van der Waals surface area contributed by atoms with Crippen LogP contribution in [0.3, 0.4) is 0 Å². The Morgan fingerprint density at radius 3 is 2.67 bits per heavy atom. The van der Waals surface area contributed by atoms with Gasteiger partial charge in [0.25, 0.3) is 0 Å². The highest BCUT2D eigenvalue weighted by molar-refractivity contribution is 9.10. The smallest absolute Gasteiger partial charge is 0.116 e. The lowest BCUT2D eigenvalue weighted by molar-refractivity contribution is 0.459. The second-order valence-corrected chi connectivity index (χ2v) is 4.86. The molecule has 1 aromatic carbocycles. The van der Waals surface area contributed by atoms with Crippen molar-refractivity contribution in [1.29, 1.82) is 0 Å². The normalized spacial score (nSPS) is 18.0. The van der Waals surface area contributed by atoms with Gasteiger partial charge in [0.05, 0.1) is 0 Å². The maximum atomic E-state index is 12.5. The largest absolute Gasteiger partial charge is 0.317 e. The number of hydrogen-bond acceptors (Lipinski definition) is 1. The summed E-state index contributed by atoms with van der Waals surface area (Å²) < 4.78 is 13.4. The first-order chi connectivity index (χ1) is 7.31. The second-order valence-electron chi connectivity index (χ2n) is 4.01. The molecule has 3 heteroatoms. The predicted octanol–water partition coefficient (Wildman–Crippen LogP) is 3.39. The molecule has 1 aromatic rings. The van der Waals surface area contributed by atoms with Crippen molar-refractivity contribution in [3.05, 3.63) is 33.8 Å². The zero-order valence-electron chi connectivity index (χ0n) is 8.60. The van der Waals surface area contributed by atoms with Crippen molar-refractivity contribution in [2.75, 3.05) is 13.1 Å². The quantitative estimate of drug-likeness (QED) is 0.870. The molecule has 1 aliphatic rings. The van der Waals surface area contributed by atoms with Crippen LogP contribution < -0.4 is 5.32 Å². The molecule has 1 fully saturated rings. The fourth-order valence-electron chi connectivity index (χ4n) is 2.08. The molecule has 2 rings (SSSR count). The molecule has 0 aliphatic carbocycles. The number of rotatable bonds is 2. The van der Waals surface area contributed by atoms with Crippen molar-refractivity contribution in [1.82, 2.24) is 5.32 Å². The lowest BCUT2D eigenvalue weighted by atomic mass is 9.90. The zero-order chi connectivity index (χ0) is 10.7. The highest BCUT2D eigenvalue weighted by Crippen LogP contribution is 2.29. The van der Waals surface area contributed by atoms with Gasteiger partial charge in [0, 0.05) is 4.47 Å². The minimum atomic E-state index is -0.396. The summed E-state index contributed by atoms with van der Waals surface area (Å²) in [5.41, 5.74) is 2.08. The van der Waals surface area contributed by atoms with Gasteiger partial charge < -0.3 is 5.32 Å². The monoisotopic (exact) mass is 271 g/mol. The topological polar surface area (TPSA) is 12.0 Å². The van der Waals surface area contributed by atoms with Crippen LogP contribution in [0.5, 0.6) is 0 Å². The van der Waals surface area contributed by atoms with Crippen molar-refractivity contribution >= 4 is 15.9 Å². The van der Waals surface area contributed by atoms with Gasteiger partial charge in [-0.25, -0.2) is 4.39 Å². The third-order valence-corrected chi connectivity index (χ3v) is 3.77. The molecule has 0 unspecified atom stereocenters. The SMILES string of the molecule is FCc1ccc(C2CCNCC2)cc1Br. The van der Waals surface area contributed by atoms with E-state index in [-0.39, 0.29) is 0 Å². The Labute approximate surface area is 98.2 Å². The van der Waals surface area contributed by atoms with Gasteiger partial charge in [0.1, 0.15) is 6.67 Å². The minimum Gasteiger partial charge on any atom is -0.317 e. The molecule has 15 heavy (non-hydrogen) atoms. The van der Waals surface area contributed by atoms with Crippen LogP contribution in [0.4, 0.5) is 4.39 Å². The molecule has 82 valence electrons. The molecule has 0 spiro atoms. The number of halogens is 2. The highest BCUT2D eigenvalue weighted by Gasteiger charge is 2.15. The maximum absolute atomic E-state index is 12.5. The van der Waals surface area contributed by atoms with Crippen molar-refractivity contribution in [2.45, 2.75) is 25.4 Å². The van der Waals surface area contributed by atoms with Crippen LogP contribution in [0.15, 0.2) is 22.7 Å². The summed E-state index contributed by atoms with van der Waals surface area (Å²) in [5, 5.41) is 3.35. The van der Waals surface area contributed by atoms with E-state index >= 15 is 0 Å². The third-order valence-electron chi connectivity index (χ3n) is 3.03. The number of nitrogens with one attached hydrogen (secondary N) is 1. The molecule has 1 heterocycles. The van der Waals surface area contributed by atoms with Crippen LogP contribution in [-0.2, 0) is 6.67 Å². The summed E-state index contributed by atoms with van der Waals surface area (Å²) in [6, 6.07) is 6.03. The Morgan fingerprint density at radius 2 is 2.07 bits per heavy atom. The van der Waals surface area contributed by atoms with Gasteiger partial charge in [-0.3, -0.25) is 0 Å². The Kier molecular flexibility index (Phi) is 3.76. The summed E-state index contributed by atoms with van der Waals surface area (Å²) in [4.78, 5) is 0. The van der Waals surface area contributed by atoms with E-state index in [0.717, 1.165) is 23.1 Å². The number of hydrogen-bond donors (Lipinski definition) is 1. The molecule has 0 atom stereocenters. The molecule has 1 aliphatic heterocycles. The number of benzene rings is 1. The summed E-state index contributed by atoms with van der Waals surface area (Å²) >= 11 is 3.42. The maximum Gasteiger partial charge on any atom is 0.116 e. The van der Waals surface area contributed by atoms with Crippen LogP contribution in [0, 0.1) is 0 Å². The van der Waals surface area contributed by atoms with Gasteiger partial charge in [-0.15, -0.1) is 0 Å². The first kappa shape index (κ1) is 11.1. The number of alkyl halides is 1. The van der Waals surface area contributed by atoms with Gasteiger partial charge in [-0.2, -0.15) is 0 Å². The summed E-state index contributed by atoms with van der Waals surface area (Å²) in [6.45, 7) is 1.79. The molecule has 1 saturated heterocycles. The van der Waals surface area contributed by atoms with Gasteiger partial charge in [-0.05, 0) is 49.0 Å². The van der Waals surface area contributed by atoms with Gasteiger partial charge in [-0.1, -0.05) is 28.1 Å². The Hall–Kier alpha value is -0.410. The van der Waals surface area contributed by atoms with Crippen molar-refractivity contribution in [2.24, 2.45) is 0 Å². The second kappa shape index (κ2) is 5.08. The molecule has 0 aromatic heterocycles. The van der Waals surface area contributed by atoms with Gasteiger partial charge in [0.15, 0.2) is 0 Å². The molecule has 0 amide bonds. The Morgan fingerprint density at radius 1 is 1.33 bits per heavy atom. The van der Waals surface area contributed by atoms with Crippen LogP contribution in [-0.4, -0.2) is 13.1 Å². The standard InChI is InChI=1S/C12H15BrFN/c13-12-7-10(1-2-11(12)8-14)9-3-5-15-6-4-9/h1-2,7,9,15H,3-6,8H2. The fourth-order valence-corrected chi connectivity index (χ4v) is 2.58. The molecule has 1 nitrogen and oxygen atoms in total. The van der Waals surface area contributed by atoms with Crippen LogP contribution in [0.2, 0.25) is 0 Å².